The quantitative estimate of drug-likeness (QED) is 0.633. The van der Waals surface area contributed by atoms with Crippen LogP contribution in [0.4, 0.5) is 13.2 Å². The molecule has 2 aliphatic rings. The average molecular weight is 415 g/mol. The van der Waals surface area contributed by atoms with Crippen LogP contribution in [0.15, 0.2) is 46.9 Å². The fraction of sp³-hybridized carbons (Fsp3) is 0.400. The van der Waals surface area contributed by atoms with E-state index in [0.717, 1.165) is 7.11 Å². The smallest absolute Gasteiger partial charge is 0.450 e. The lowest BCUT2D eigenvalue weighted by Gasteiger charge is -2.38. The fourth-order valence-corrected chi connectivity index (χ4v) is 3.79. The maximum atomic E-state index is 13.8. The molecule has 0 spiro atoms. The van der Waals surface area contributed by atoms with E-state index >= 15 is 0 Å². The Labute approximate surface area is 164 Å². The van der Waals surface area contributed by atoms with Crippen molar-refractivity contribution in [3.8, 4) is 0 Å². The van der Waals surface area contributed by atoms with Crippen LogP contribution in [0.25, 0.3) is 0 Å². The van der Waals surface area contributed by atoms with Crippen LogP contribution in [-0.4, -0.2) is 25.0 Å². The summed E-state index contributed by atoms with van der Waals surface area (Å²) in [5, 5.41) is 0.376. The number of hydrogen-bond donors (Lipinski definition) is 0. The molecule has 150 valence electrons. The molecule has 0 saturated heterocycles. The molecule has 0 N–H and O–H groups in total. The van der Waals surface area contributed by atoms with Gasteiger partial charge in [0.1, 0.15) is 5.76 Å². The monoisotopic (exact) mass is 414 g/mol. The molecule has 0 amide bonds. The van der Waals surface area contributed by atoms with Crippen molar-refractivity contribution < 1.29 is 32.2 Å². The average Bonchev–Trinajstić information content (AvgIpc) is 2.58. The van der Waals surface area contributed by atoms with Crippen molar-refractivity contribution in [2.24, 2.45) is 5.41 Å². The standard InChI is InChI=1S/C20H18ClF3O4/c1-19(2)8-12(25)15-13(9-19)28-17(20(22,23)24)16(18(26)27-3)14(15)10-4-6-11(21)7-5-10/h4-7,14H,8-9H2,1-3H3. The molecule has 1 heterocycles. The molecule has 0 aromatic heterocycles. The highest BCUT2D eigenvalue weighted by Gasteiger charge is 2.51. The number of ether oxygens (including phenoxy) is 2. The first kappa shape index (κ1) is 20.5. The van der Waals surface area contributed by atoms with Gasteiger partial charge in [-0.3, -0.25) is 4.79 Å². The van der Waals surface area contributed by atoms with Crippen molar-refractivity contribution in [1.82, 2.24) is 0 Å². The van der Waals surface area contributed by atoms with E-state index in [-0.39, 0.29) is 30.0 Å². The van der Waals surface area contributed by atoms with Gasteiger partial charge in [-0.1, -0.05) is 37.6 Å². The maximum absolute atomic E-state index is 13.8. The number of carbonyl (C=O) groups excluding carboxylic acids is 2. The molecule has 1 atom stereocenters. The molecule has 1 aliphatic carbocycles. The second-order valence-electron chi connectivity index (χ2n) is 7.60. The zero-order chi connectivity index (χ0) is 20.9. The zero-order valence-electron chi connectivity index (χ0n) is 15.4. The first-order valence-electron chi connectivity index (χ1n) is 8.54. The van der Waals surface area contributed by atoms with Gasteiger partial charge in [-0.2, -0.15) is 13.2 Å². The number of carbonyl (C=O) groups is 2. The number of allylic oxidation sites excluding steroid dienone is 3. The summed E-state index contributed by atoms with van der Waals surface area (Å²) in [6.45, 7) is 3.56. The first-order chi connectivity index (χ1) is 12.9. The second-order valence-corrected chi connectivity index (χ2v) is 8.03. The molecule has 1 aromatic carbocycles. The minimum Gasteiger partial charge on any atom is -0.466 e. The molecular formula is C20H18ClF3O4. The molecule has 4 nitrogen and oxygen atoms in total. The normalized spacial score (nSPS) is 22.0. The molecule has 0 bridgehead atoms. The summed E-state index contributed by atoms with van der Waals surface area (Å²) in [7, 11) is 0.984. The van der Waals surface area contributed by atoms with Crippen LogP contribution in [0.3, 0.4) is 0 Å². The highest BCUT2D eigenvalue weighted by Crippen LogP contribution is 2.51. The number of halogens is 4. The van der Waals surface area contributed by atoms with Crippen molar-refractivity contribution in [2.45, 2.75) is 38.8 Å². The number of rotatable bonds is 2. The van der Waals surface area contributed by atoms with Gasteiger partial charge in [0.2, 0.25) is 5.76 Å². The Bertz CT molecular complexity index is 895. The Morgan fingerprint density at radius 3 is 2.36 bits per heavy atom. The van der Waals surface area contributed by atoms with E-state index in [1.807, 2.05) is 0 Å². The van der Waals surface area contributed by atoms with Gasteiger partial charge in [-0.05, 0) is 23.1 Å². The Hall–Kier alpha value is -2.28. The zero-order valence-corrected chi connectivity index (χ0v) is 16.2. The van der Waals surface area contributed by atoms with E-state index in [0.29, 0.717) is 10.6 Å². The van der Waals surface area contributed by atoms with Crippen molar-refractivity contribution >= 4 is 23.4 Å². The molecule has 8 heteroatoms. The summed E-state index contributed by atoms with van der Waals surface area (Å²) in [6.07, 6.45) is -4.65. The summed E-state index contributed by atoms with van der Waals surface area (Å²) in [5.74, 6) is -4.29. The van der Waals surface area contributed by atoms with E-state index in [9.17, 15) is 22.8 Å². The molecule has 1 unspecified atom stereocenters. The number of Topliss-reactive ketones (excluding diaryl/α,β-unsaturated/α-hetero) is 1. The van der Waals surface area contributed by atoms with Crippen molar-refractivity contribution in [2.75, 3.05) is 7.11 Å². The summed E-state index contributed by atoms with van der Waals surface area (Å²) >= 11 is 5.89. The summed E-state index contributed by atoms with van der Waals surface area (Å²) in [6, 6.07) is 5.97. The largest absolute Gasteiger partial charge is 0.466 e. The van der Waals surface area contributed by atoms with Gasteiger partial charge in [0, 0.05) is 23.4 Å². The predicted molar refractivity (Wildman–Crippen MR) is 95.4 cm³/mol. The highest BCUT2D eigenvalue weighted by atomic mass is 35.5. The summed E-state index contributed by atoms with van der Waals surface area (Å²) in [5.41, 5.74) is -0.894. The van der Waals surface area contributed by atoms with Crippen molar-refractivity contribution in [3.05, 3.63) is 57.5 Å². The van der Waals surface area contributed by atoms with Crippen molar-refractivity contribution in [1.29, 1.82) is 0 Å². The number of methoxy groups -OCH3 is 1. The summed E-state index contributed by atoms with van der Waals surface area (Å²) < 4.78 is 51.1. The third-order valence-corrected chi connectivity index (χ3v) is 5.04. The third-order valence-electron chi connectivity index (χ3n) is 4.79. The van der Waals surface area contributed by atoms with Crippen LogP contribution in [0.2, 0.25) is 5.02 Å². The van der Waals surface area contributed by atoms with E-state index < -0.39 is 34.8 Å². The van der Waals surface area contributed by atoms with Gasteiger partial charge in [0.15, 0.2) is 5.78 Å². The minimum atomic E-state index is -4.93. The Morgan fingerprint density at radius 1 is 1.21 bits per heavy atom. The van der Waals surface area contributed by atoms with Gasteiger partial charge in [-0.25, -0.2) is 4.79 Å². The lowest BCUT2D eigenvalue weighted by Crippen LogP contribution is -2.36. The van der Waals surface area contributed by atoms with Crippen LogP contribution in [0.5, 0.6) is 0 Å². The SMILES string of the molecule is COC(=O)C1=C(C(F)(F)F)OC2=C(C(=O)CC(C)(C)C2)C1c1ccc(Cl)cc1. The molecule has 0 saturated carbocycles. The first-order valence-corrected chi connectivity index (χ1v) is 8.91. The molecule has 0 fully saturated rings. The molecule has 3 rings (SSSR count). The highest BCUT2D eigenvalue weighted by molar-refractivity contribution is 6.30. The van der Waals surface area contributed by atoms with Gasteiger partial charge >= 0.3 is 12.1 Å². The fourth-order valence-electron chi connectivity index (χ4n) is 3.66. The van der Waals surface area contributed by atoms with Crippen LogP contribution >= 0.6 is 11.6 Å². The Balaban J connectivity index is 2.30. The van der Waals surface area contributed by atoms with E-state index in [1.165, 1.54) is 24.3 Å². The second kappa shape index (κ2) is 6.95. The molecule has 1 aliphatic heterocycles. The Morgan fingerprint density at radius 2 is 1.82 bits per heavy atom. The van der Waals surface area contributed by atoms with Crippen molar-refractivity contribution in [3.63, 3.8) is 0 Å². The van der Waals surface area contributed by atoms with Gasteiger partial charge in [0.25, 0.3) is 0 Å². The number of alkyl halides is 3. The van der Waals surface area contributed by atoms with Crippen LogP contribution in [0.1, 0.15) is 38.2 Å². The predicted octanol–water partition coefficient (Wildman–Crippen LogP) is 5.09. The lowest BCUT2D eigenvalue weighted by molar-refractivity contribution is -0.144. The lowest BCUT2D eigenvalue weighted by atomic mass is 9.70. The van der Waals surface area contributed by atoms with Crippen LogP contribution < -0.4 is 0 Å². The van der Waals surface area contributed by atoms with E-state index in [4.69, 9.17) is 16.3 Å². The van der Waals surface area contributed by atoms with E-state index in [2.05, 4.69) is 4.74 Å². The minimum absolute atomic E-state index is 0.0545. The van der Waals surface area contributed by atoms with Gasteiger partial charge in [0.05, 0.1) is 18.6 Å². The topological polar surface area (TPSA) is 52.6 Å². The number of ketones is 1. The maximum Gasteiger partial charge on any atom is 0.450 e. The number of hydrogen-bond acceptors (Lipinski definition) is 4. The Kier molecular flexibility index (Phi) is 5.08. The third kappa shape index (κ3) is 3.68. The molecular weight excluding hydrogens is 397 g/mol. The molecule has 0 radical (unpaired) electrons. The van der Waals surface area contributed by atoms with Crippen LogP contribution in [-0.2, 0) is 19.1 Å². The number of esters is 1. The van der Waals surface area contributed by atoms with Gasteiger partial charge in [-0.15, -0.1) is 0 Å². The van der Waals surface area contributed by atoms with Crippen LogP contribution in [0, 0.1) is 5.41 Å². The van der Waals surface area contributed by atoms with Gasteiger partial charge < -0.3 is 9.47 Å². The molecule has 1 aromatic rings. The summed E-state index contributed by atoms with van der Waals surface area (Å²) in [4.78, 5) is 25.3. The molecule has 28 heavy (non-hydrogen) atoms. The number of benzene rings is 1. The van der Waals surface area contributed by atoms with E-state index in [1.54, 1.807) is 13.8 Å².